The maximum atomic E-state index is 15.2. The zero-order valence-electron chi connectivity index (χ0n) is 21.8. The summed E-state index contributed by atoms with van der Waals surface area (Å²) in [6, 6.07) is 4.58. The summed E-state index contributed by atoms with van der Waals surface area (Å²) in [5.74, 6) is -6.24. The molecule has 5 rings (SSSR count). The molecule has 42 heavy (non-hydrogen) atoms. The standard InChI is InChI=1S/C26H20F6N8O2/c1-24(2,12-33)23-38-37-21(42-23)15-5-19-16(6-17(15)27)25(28,29)7-18(34)22(41)39(19)10-13-3-4-20(35-8-13)40-11-14(9-36-40)26(30,31)32/h3-6,8-9,11,18H,7,10,34H2,1-2H3/t18-/m1/s1. The van der Waals surface area contributed by atoms with Crippen LogP contribution in [-0.2, 0) is 28.9 Å². The predicted molar refractivity (Wildman–Crippen MR) is 132 cm³/mol. The van der Waals surface area contributed by atoms with E-state index in [0.717, 1.165) is 21.8 Å². The minimum absolute atomic E-state index is 0.0249. The molecule has 0 saturated carbocycles. The van der Waals surface area contributed by atoms with Crippen LogP contribution in [0.1, 0.15) is 42.8 Å². The number of nitrogens with two attached hydrogens (primary N) is 1. The van der Waals surface area contributed by atoms with Gasteiger partial charge in [-0.05, 0) is 37.6 Å². The first kappa shape index (κ1) is 28.7. The van der Waals surface area contributed by atoms with Crippen molar-refractivity contribution in [2.24, 2.45) is 5.73 Å². The van der Waals surface area contributed by atoms with Crippen molar-refractivity contribution in [2.75, 3.05) is 4.90 Å². The Bertz CT molecular complexity index is 1700. The number of benzene rings is 1. The number of alkyl halides is 5. The Kier molecular flexibility index (Phi) is 6.80. The molecule has 1 amide bonds. The second-order valence-electron chi connectivity index (χ2n) is 10.1. The van der Waals surface area contributed by atoms with E-state index in [-0.39, 0.29) is 23.9 Å². The monoisotopic (exact) mass is 590 g/mol. The fourth-order valence-corrected chi connectivity index (χ4v) is 4.25. The number of anilines is 1. The summed E-state index contributed by atoms with van der Waals surface area (Å²) in [6.07, 6.45) is -3.09. The largest absolute Gasteiger partial charge is 0.419 e. The molecular weight excluding hydrogens is 570 g/mol. The van der Waals surface area contributed by atoms with Crippen molar-refractivity contribution in [2.45, 2.75) is 50.4 Å². The van der Waals surface area contributed by atoms with Crippen molar-refractivity contribution in [3.63, 3.8) is 0 Å². The number of hydrogen-bond donors (Lipinski definition) is 1. The minimum atomic E-state index is -4.60. The van der Waals surface area contributed by atoms with Gasteiger partial charge in [0.25, 0.3) is 11.8 Å². The summed E-state index contributed by atoms with van der Waals surface area (Å²) < 4.78 is 90.8. The summed E-state index contributed by atoms with van der Waals surface area (Å²) in [4.78, 5) is 18.2. The third-order valence-corrected chi connectivity index (χ3v) is 6.59. The Balaban J connectivity index is 1.54. The van der Waals surface area contributed by atoms with Crippen molar-refractivity contribution in [1.82, 2.24) is 25.0 Å². The SMILES string of the molecule is CC(C)(C#N)c1nnc(-c2cc3c(cc2F)C(F)(F)C[C@@H](N)C(=O)N3Cc2ccc(-n3cc(C(F)(F)F)cn3)nc2)o1. The van der Waals surface area contributed by atoms with Gasteiger partial charge in [-0.15, -0.1) is 10.2 Å². The van der Waals surface area contributed by atoms with Gasteiger partial charge in [0.1, 0.15) is 11.2 Å². The second kappa shape index (κ2) is 9.94. The summed E-state index contributed by atoms with van der Waals surface area (Å²) in [5.41, 5.74) is 2.33. The molecule has 0 aliphatic carbocycles. The number of pyridine rings is 1. The van der Waals surface area contributed by atoms with Gasteiger partial charge in [0.15, 0.2) is 5.82 Å². The van der Waals surface area contributed by atoms with Crippen LogP contribution < -0.4 is 10.6 Å². The van der Waals surface area contributed by atoms with Gasteiger partial charge < -0.3 is 15.1 Å². The number of aromatic nitrogens is 5. The lowest BCUT2D eigenvalue weighted by Crippen LogP contribution is -2.43. The lowest BCUT2D eigenvalue weighted by molar-refractivity contribution is -0.137. The first-order chi connectivity index (χ1) is 19.6. The summed E-state index contributed by atoms with van der Waals surface area (Å²) in [7, 11) is 0. The number of carbonyl (C=O) groups is 1. The van der Waals surface area contributed by atoms with E-state index in [2.05, 4.69) is 20.3 Å². The van der Waals surface area contributed by atoms with Crippen LogP contribution in [0.2, 0.25) is 0 Å². The molecule has 0 unspecified atom stereocenters. The van der Waals surface area contributed by atoms with E-state index >= 15 is 13.2 Å². The summed E-state index contributed by atoms with van der Waals surface area (Å²) >= 11 is 0. The van der Waals surface area contributed by atoms with E-state index in [1.165, 1.54) is 32.2 Å². The maximum Gasteiger partial charge on any atom is 0.419 e. The molecule has 1 aliphatic heterocycles. The number of nitrogens with zero attached hydrogens (tertiary/aromatic N) is 7. The van der Waals surface area contributed by atoms with Gasteiger partial charge in [0.2, 0.25) is 11.8 Å². The van der Waals surface area contributed by atoms with Crippen LogP contribution in [-0.4, -0.2) is 36.9 Å². The number of hydrogen-bond acceptors (Lipinski definition) is 8. The topological polar surface area (TPSA) is 140 Å². The fourth-order valence-electron chi connectivity index (χ4n) is 4.25. The molecule has 0 radical (unpaired) electrons. The molecule has 3 aromatic heterocycles. The minimum Gasteiger partial charge on any atom is -0.419 e. The second-order valence-corrected chi connectivity index (χ2v) is 10.1. The molecule has 0 bridgehead atoms. The molecule has 1 aromatic carbocycles. The average Bonchev–Trinajstić information content (AvgIpc) is 3.61. The quantitative estimate of drug-likeness (QED) is 0.332. The summed E-state index contributed by atoms with van der Waals surface area (Å²) in [6.45, 7) is 2.62. The third kappa shape index (κ3) is 5.18. The molecule has 1 atom stereocenters. The zero-order valence-corrected chi connectivity index (χ0v) is 21.8. The number of carbonyl (C=O) groups excluding carboxylic acids is 1. The fraction of sp³-hybridized carbons (Fsp3) is 0.308. The van der Waals surface area contributed by atoms with Crippen molar-refractivity contribution >= 4 is 11.6 Å². The van der Waals surface area contributed by atoms with Crippen LogP contribution in [0.3, 0.4) is 0 Å². The highest BCUT2D eigenvalue weighted by molar-refractivity contribution is 5.99. The lowest BCUT2D eigenvalue weighted by Gasteiger charge is -2.25. The van der Waals surface area contributed by atoms with Crippen LogP contribution in [0, 0.1) is 17.1 Å². The molecule has 4 heterocycles. The van der Waals surface area contributed by atoms with Crippen molar-refractivity contribution in [1.29, 1.82) is 5.26 Å². The Morgan fingerprint density at radius 3 is 2.55 bits per heavy atom. The molecule has 1 aliphatic rings. The van der Waals surface area contributed by atoms with Gasteiger partial charge in [0, 0.05) is 24.4 Å². The van der Waals surface area contributed by atoms with Gasteiger partial charge >= 0.3 is 6.18 Å². The number of fused-ring (bicyclic) bond motifs is 1. The highest BCUT2D eigenvalue weighted by Gasteiger charge is 2.45. The van der Waals surface area contributed by atoms with Gasteiger partial charge in [-0.3, -0.25) is 4.79 Å². The van der Waals surface area contributed by atoms with E-state index in [0.29, 0.717) is 17.8 Å². The van der Waals surface area contributed by atoms with Crippen LogP contribution in [0.4, 0.5) is 32.0 Å². The zero-order chi connectivity index (χ0) is 30.6. The first-order valence-corrected chi connectivity index (χ1v) is 12.2. The van der Waals surface area contributed by atoms with Crippen LogP contribution >= 0.6 is 0 Å². The lowest BCUT2D eigenvalue weighted by atomic mass is 9.96. The number of nitriles is 1. The molecule has 0 fully saturated rings. The van der Waals surface area contributed by atoms with Crippen molar-refractivity contribution in [3.8, 4) is 23.3 Å². The number of halogens is 6. The molecule has 218 valence electrons. The Morgan fingerprint density at radius 1 is 1.19 bits per heavy atom. The van der Waals surface area contributed by atoms with Crippen LogP contribution in [0.25, 0.3) is 17.3 Å². The highest BCUT2D eigenvalue weighted by atomic mass is 19.4. The van der Waals surface area contributed by atoms with Gasteiger partial charge in [-0.2, -0.15) is 23.5 Å². The number of amides is 1. The molecule has 0 spiro atoms. The van der Waals surface area contributed by atoms with Gasteiger partial charge in [-0.25, -0.2) is 22.8 Å². The average molecular weight is 590 g/mol. The molecule has 2 N–H and O–H groups in total. The first-order valence-electron chi connectivity index (χ1n) is 12.2. The van der Waals surface area contributed by atoms with Crippen LogP contribution in [0.15, 0.2) is 47.3 Å². The molecule has 4 aromatic rings. The summed E-state index contributed by atoms with van der Waals surface area (Å²) in [5, 5.41) is 20.5. The Hall–Kier alpha value is -4.78. The third-order valence-electron chi connectivity index (χ3n) is 6.59. The Morgan fingerprint density at radius 2 is 1.93 bits per heavy atom. The Labute approximate surface area is 233 Å². The van der Waals surface area contributed by atoms with E-state index in [1.807, 2.05) is 6.07 Å². The van der Waals surface area contributed by atoms with E-state index in [1.54, 1.807) is 0 Å². The molecular formula is C26H20F6N8O2. The normalized spacial score (nSPS) is 17.1. The number of rotatable bonds is 5. The highest BCUT2D eigenvalue weighted by Crippen LogP contribution is 2.45. The van der Waals surface area contributed by atoms with E-state index in [9.17, 15) is 23.2 Å². The smallest absolute Gasteiger partial charge is 0.419 e. The maximum absolute atomic E-state index is 15.2. The van der Waals surface area contributed by atoms with Gasteiger partial charge in [-0.1, -0.05) is 6.07 Å². The molecule has 10 nitrogen and oxygen atoms in total. The predicted octanol–water partition coefficient (Wildman–Crippen LogP) is 4.63. The van der Waals surface area contributed by atoms with E-state index in [4.69, 9.17) is 10.2 Å². The van der Waals surface area contributed by atoms with Gasteiger partial charge in [0.05, 0.1) is 41.7 Å². The molecule has 16 heteroatoms. The molecule has 0 saturated heterocycles. The van der Waals surface area contributed by atoms with Crippen molar-refractivity contribution in [3.05, 3.63) is 71.3 Å². The van der Waals surface area contributed by atoms with Crippen molar-refractivity contribution < 1.29 is 35.6 Å². The van der Waals surface area contributed by atoms with Crippen LogP contribution in [0.5, 0.6) is 0 Å². The van der Waals surface area contributed by atoms with E-state index < -0.39 is 64.3 Å².